The van der Waals surface area contributed by atoms with Crippen molar-refractivity contribution < 1.29 is 0 Å². The van der Waals surface area contributed by atoms with E-state index in [9.17, 15) is 0 Å². The maximum Gasteiger partial charge on any atom is 0.0465 e. The highest BCUT2D eigenvalue weighted by atomic mass is 79.9. The van der Waals surface area contributed by atoms with Gasteiger partial charge >= 0.3 is 0 Å². The molecule has 4 heteroatoms. The van der Waals surface area contributed by atoms with Crippen LogP contribution in [-0.2, 0) is 0 Å². The predicted octanol–water partition coefficient (Wildman–Crippen LogP) is 1.35. The summed E-state index contributed by atoms with van der Waals surface area (Å²) in [6.45, 7) is 3.08. The Morgan fingerprint density at radius 1 is 1.56 bits per heavy atom. The minimum Gasteiger partial charge on any atom is -0.323 e. The number of hydrogen-bond acceptors (Lipinski definition) is 3. The molecule has 3 N–H and O–H groups in total. The fourth-order valence-electron chi connectivity index (χ4n) is 2.16. The topological polar surface area (TPSA) is 41.3 Å². The molecule has 1 saturated heterocycles. The van der Waals surface area contributed by atoms with Gasteiger partial charge in [0.25, 0.3) is 0 Å². The second-order valence-corrected chi connectivity index (χ2v) is 5.25. The fourth-order valence-corrected chi connectivity index (χ4v) is 2.58. The van der Waals surface area contributed by atoms with E-state index in [0.29, 0.717) is 6.04 Å². The Hall–Kier alpha value is -0.420. The van der Waals surface area contributed by atoms with Gasteiger partial charge in [0.2, 0.25) is 0 Å². The lowest BCUT2D eigenvalue weighted by Gasteiger charge is -2.37. The summed E-state index contributed by atoms with van der Waals surface area (Å²) in [6.07, 6.45) is 0. The van der Waals surface area contributed by atoms with E-state index < -0.39 is 0 Å². The summed E-state index contributed by atoms with van der Waals surface area (Å²) in [5, 5.41) is 3.40. The van der Waals surface area contributed by atoms with Gasteiger partial charge in [0.15, 0.2) is 0 Å². The van der Waals surface area contributed by atoms with Gasteiger partial charge in [-0.1, -0.05) is 28.1 Å². The molecule has 0 bridgehead atoms. The molecule has 88 valence electrons. The van der Waals surface area contributed by atoms with Crippen LogP contribution < -0.4 is 11.1 Å². The van der Waals surface area contributed by atoms with Gasteiger partial charge in [0, 0.05) is 36.2 Å². The van der Waals surface area contributed by atoms with Crippen molar-refractivity contribution in [2.75, 3.05) is 26.7 Å². The molecule has 0 radical (unpaired) electrons. The van der Waals surface area contributed by atoms with Gasteiger partial charge < -0.3 is 11.1 Å². The number of rotatable bonds is 2. The van der Waals surface area contributed by atoms with Crippen LogP contribution in [0.1, 0.15) is 11.6 Å². The van der Waals surface area contributed by atoms with Crippen LogP contribution in [0.3, 0.4) is 0 Å². The number of likely N-dealkylation sites (N-methyl/N-ethyl adjacent to an activating group) is 1. The predicted molar refractivity (Wildman–Crippen MR) is 70.4 cm³/mol. The van der Waals surface area contributed by atoms with Gasteiger partial charge in [-0.3, -0.25) is 4.90 Å². The van der Waals surface area contributed by atoms with E-state index in [-0.39, 0.29) is 6.04 Å². The van der Waals surface area contributed by atoms with Crippen molar-refractivity contribution >= 4 is 15.9 Å². The van der Waals surface area contributed by atoms with E-state index in [0.717, 1.165) is 24.1 Å². The van der Waals surface area contributed by atoms with E-state index in [2.05, 4.69) is 45.3 Å². The highest BCUT2D eigenvalue weighted by Gasteiger charge is 2.25. The monoisotopic (exact) mass is 283 g/mol. The Balaban J connectivity index is 2.14. The minimum absolute atomic E-state index is 0.0651. The highest BCUT2D eigenvalue weighted by molar-refractivity contribution is 9.10. The fraction of sp³-hybridized carbons (Fsp3) is 0.500. The SMILES string of the molecule is CN1CCNCC1C(N)c1cccc(Br)c1. The number of hydrogen-bond donors (Lipinski definition) is 2. The standard InChI is InChI=1S/C12H18BrN3/c1-16-6-5-15-8-11(16)12(14)9-3-2-4-10(13)7-9/h2-4,7,11-12,15H,5-6,8,14H2,1H3. The van der Waals surface area contributed by atoms with Crippen LogP contribution >= 0.6 is 15.9 Å². The Labute approximate surface area is 105 Å². The molecule has 1 heterocycles. The Morgan fingerprint density at radius 3 is 3.06 bits per heavy atom. The smallest absolute Gasteiger partial charge is 0.0465 e. The molecular weight excluding hydrogens is 266 g/mol. The molecule has 2 rings (SSSR count). The van der Waals surface area contributed by atoms with Crippen LogP contribution in [0.5, 0.6) is 0 Å². The molecule has 1 aromatic rings. The molecule has 16 heavy (non-hydrogen) atoms. The number of nitrogens with one attached hydrogen (secondary N) is 1. The molecule has 0 aromatic heterocycles. The van der Waals surface area contributed by atoms with Crippen molar-refractivity contribution in [2.24, 2.45) is 5.73 Å². The van der Waals surface area contributed by atoms with Gasteiger partial charge in [0.05, 0.1) is 0 Å². The van der Waals surface area contributed by atoms with Crippen molar-refractivity contribution in [1.29, 1.82) is 0 Å². The maximum atomic E-state index is 6.33. The van der Waals surface area contributed by atoms with Crippen molar-refractivity contribution in [3.63, 3.8) is 0 Å². The zero-order valence-electron chi connectivity index (χ0n) is 9.49. The van der Waals surface area contributed by atoms with Crippen LogP contribution in [0.4, 0.5) is 0 Å². The summed E-state index contributed by atoms with van der Waals surface area (Å²) in [7, 11) is 2.14. The van der Waals surface area contributed by atoms with Gasteiger partial charge in [0.1, 0.15) is 0 Å². The minimum atomic E-state index is 0.0651. The first-order valence-corrected chi connectivity index (χ1v) is 6.40. The van der Waals surface area contributed by atoms with Gasteiger partial charge in [-0.2, -0.15) is 0 Å². The number of nitrogens with zero attached hydrogens (tertiary/aromatic N) is 1. The molecule has 3 nitrogen and oxygen atoms in total. The van der Waals surface area contributed by atoms with Gasteiger partial charge in [-0.25, -0.2) is 0 Å². The lowest BCUT2D eigenvalue weighted by molar-refractivity contribution is 0.174. The maximum absolute atomic E-state index is 6.33. The molecule has 2 unspecified atom stereocenters. The van der Waals surface area contributed by atoms with E-state index in [1.165, 1.54) is 5.56 Å². The van der Waals surface area contributed by atoms with Crippen LogP contribution in [0, 0.1) is 0 Å². The molecule has 1 aliphatic heterocycles. The molecule has 0 aliphatic carbocycles. The summed E-state index contributed by atoms with van der Waals surface area (Å²) in [4.78, 5) is 2.34. The first kappa shape index (κ1) is 12.0. The van der Waals surface area contributed by atoms with Crippen molar-refractivity contribution in [3.8, 4) is 0 Å². The van der Waals surface area contributed by atoms with Crippen molar-refractivity contribution in [2.45, 2.75) is 12.1 Å². The third-order valence-electron chi connectivity index (χ3n) is 3.21. The Bertz CT molecular complexity index is 356. The van der Waals surface area contributed by atoms with Gasteiger partial charge in [-0.05, 0) is 24.7 Å². The quantitative estimate of drug-likeness (QED) is 0.861. The lowest BCUT2D eigenvalue weighted by atomic mass is 9.98. The van der Waals surface area contributed by atoms with Crippen LogP contribution in [0.25, 0.3) is 0 Å². The second-order valence-electron chi connectivity index (χ2n) is 4.33. The number of halogens is 1. The highest BCUT2D eigenvalue weighted by Crippen LogP contribution is 2.21. The molecule has 1 fully saturated rings. The van der Waals surface area contributed by atoms with Crippen LogP contribution in [0.2, 0.25) is 0 Å². The molecule has 1 aliphatic rings. The van der Waals surface area contributed by atoms with Crippen LogP contribution in [-0.4, -0.2) is 37.6 Å². The second kappa shape index (κ2) is 5.27. The normalized spacial score (nSPS) is 24.3. The van der Waals surface area contributed by atoms with Crippen molar-refractivity contribution in [3.05, 3.63) is 34.3 Å². The average molecular weight is 284 g/mol. The first-order chi connectivity index (χ1) is 7.68. The number of nitrogens with two attached hydrogens (primary N) is 1. The van der Waals surface area contributed by atoms with E-state index in [1.54, 1.807) is 0 Å². The zero-order valence-corrected chi connectivity index (χ0v) is 11.1. The number of piperazine rings is 1. The molecule has 0 saturated carbocycles. The molecule has 1 aromatic carbocycles. The van der Waals surface area contributed by atoms with Crippen molar-refractivity contribution in [1.82, 2.24) is 10.2 Å². The Kier molecular flexibility index (Phi) is 3.97. The van der Waals surface area contributed by atoms with Gasteiger partial charge in [-0.15, -0.1) is 0 Å². The molecule has 0 spiro atoms. The van der Waals surface area contributed by atoms with E-state index in [4.69, 9.17) is 5.73 Å². The lowest BCUT2D eigenvalue weighted by Crippen LogP contribution is -2.53. The summed E-state index contributed by atoms with van der Waals surface area (Å²) < 4.78 is 1.09. The third-order valence-corrected chi connectivity index (χ3v) is 3.70. The average Bonchev–Trinajstić information content (AvgIpc) is 2.29. The Morgan fingerprint density at radius 2 is 2.38 bits per heavy atom. The van der Waals surface area contributed by atoms with E-state index in [1.807, 2.05) is 12.1 Å². The third kappa shape index (κ3) is 2.63. The summed E-state index contributed by atoms with van der Waals surface area (Å²) in [6, 6.07) is 8.71. The van der Waals surface area contributed by atoms with E-state index >= 15 is 0 Å². The largest absolute Gasteiger partial charge is 0.323 e. The van der Waals surface area contributed by atoms with Crippen LogP contribution in [0.15, 0.2) is 28.7 Å². The molecule has 2 atom stereocenters. The summed E-state index contributed by atoms with van der Waals surface area (Å²) in [5.41, 5.74) is 7.52. The summed E-state index contributed by atoms with van der Waals surface area (Å²) >= 11 is 3.48. The zero-order chi connectivity index (χ0) is 11.5. The summed E-state index contributed by atoms with van der Waals surface area (Å²) in [5.74, 6) is 0. The number of benzene rings is 1. The molecular formula is C12H18BrN3. The molecule has 0 amide bonds. The first-order valence-electron chi connectivity index (χ1n) is 5.60.